The minimum absolute atomic E-state index is 0.0495. The van der Waals surface area contributed by atoms with Gasteiger partial charge in [0.1, 0.15) is 0 Å². The van der Waals surface area contributed by atoms with Crippen molar-refractivity contribution in [2.24, 2.45) is 0 Å². The summed E-state index contributed by atoms with van der Waals surface area (Å²) in [4.78, 5) is 14.3. The van der Waals surface area contributed by atoms with Crippen molar-refractivity contribution in [1.29, 1.82) is 0 Å². The van der Waals surface area contributed by atoms with E-state index >= 15 is 0 Å². The van der Waals surface area contributed by atoms with Crippen molar-refractivity contribution < 1.29 is 22.0 Å². The number of hydrogen-bond donors (Lipinski definition) is 1. The van der Waals surface area contributed by atoms with Crippen LogP contribution in [0.4, 0.5) is 14.5 Å². The van der Waals surface area contributed by atoms with Gasteiger partial charge in [0.2, 0.25) is 0 Å². The zero-order valence-electron chi connectivity index (χ0n) is 14.9. The molecule has 0 bridgehead atoms. The van der Waals surface area contributed by atoms with E-state index < -0.39 is 15.8 Å². The summed E-state index contributed by atoms with van der Waals surface area (Å²) in [5, 5.41) is 0. The molecule has 0 unspecified atom stereocenters. The second kappa shape index (κ2) is 9.18. The molecule has 0 heterocycles. The summed E-state index contributed by atoms with van der Waals surface area (Å²) in [5.74, 6) is -2.79. The lowest BCUT2D eigenvalue weighted by atomic mass is 10.2. The fourth-order valence-electron chi connectivity index (χ4n) is 2.41. The molecule has 2 rings (SSSR count). The zero-order chi connectivity index (χ0) is 20.0. The lowest BCUT2D eigenvalue weighted by Crippen LogP contribution is -2.30. The molecule has 0 saturated heterocycles. The fourth-order valence-corrected chi connectivity index (χ4v) is 4.01. The van der Waals surface area contributed by atoms with Crippen molar-refractivity contribution in [2.45, 2.75) is 29.4 Å². The lowest BCUT2D eigenvalue weighted by molar-refractivity contribution is 0.0772. The quantitative estimate of drug-likeness (QED) is 0.655. The minimum Gasteiger partial charge on any atom is -0.339 e. The number of amides is 1. The molecule has 0 atom stereocenters. The Kier molecular flexibility index (Phi) is 7.20. The van der Waals surface area contributed by atoms with Crippen molar-refractivity contribution >= 4 is 33.4 Å². The van der Waals surface area contributed by atoms with E-state index in [1.54, 1.807) is 11.0 Å². The van der Waals surface area contributed by atoms with Gasteiger partial charge in [0.05, 0.1) is 4.90 Å². The number of nitrogens with one attached hydrogen (secondary N) is 1. The number of thioether (sulfide) groups is 1. The number of sulfonamides is 1. The number of halogens is 2. The highest BCUT2D eigenvalue weighted by atomic mass is 32.2. The van der Waals surface area contributed by atoms with E-state index in [-0.39, 0.29) is 22.1 Å². The van der Waals surface area contributed by atoms with Gasteiger partial charge in [-0.05, 0) is 56.3 Å². The second-order valence-corrected chi connectivity index (χ2v) is 8.26. The molecule has 0 aromatic heterocycles. The van der Waals surface area contributed by atoms with E-state index in [0.717, 1.165) is 0 Å². The van der Waals surface area contributed by atoms with Crippen LogP contribution < -0.4 is 4.72 Å². The van der Waals surface area contributed by atoms with Gasteiger partial charge >= 0.3 is 0 Å². The van der Waals surface area contributed by atoms with Gasteiger partial charge in [-0.2, -0.15) is 8.78 Å². The maximum absolute atomic E-state index is 12.6. The molecule has 2 aromatic carbocycles. The Balaban J connectivity index is 2.21. The second-order valence-electron chi connectivity index (χ2n) is 5.51. The summed E-state index contributed by atoms with van der Waals surface area (Å²) in [7, 11) is -3.92. The Morgan fingerprint density at radius 1 is 1.11 bits per heavy atom. The topological polar surface area (TPSA) is 66.5 Å². The number of alkyl halides is 2. The Hall–Kier alpha value is -2.13. The molecule has 9 heteroatoms. The summed E-state index contributed by atoms with van der Waals surface area (Å²) in [5.41, 5.74) is 0.527. The highest BCUT2D eigenvalue weighted by Gasteiger charge is 2.18. The third-order valence-corrected chi connectivity index (χ3v) is 5.88. The van der Waals surface area contributed by atoms with Crippen molar-refractivity contribution in [3.8, 4) is 0 Å². The predicted octanol–water partition coefficient (Wildman–Crippen LogP) is 4.28. The number of nitrogens with zero attached hydrogens (tertiary/aromatic N) is 1. The average molecular weight is 414 g/mol. The van der Waals surface area contributed by atoms with Crippen LogP contribution in [0.1, 0.15) is 24.2 Å². The standard InChI is InChI=1S/C18H20F2N2O3S2/c1-3-22(4-2)17(23)13-6-5-7-16(12-13)27(24,25)21-14-8-10-15(11-9-14)26-18(19)20/h5-12,18,21H,3-4H2,1-2H3. The monoisotopic (exact) mass is 414 g/mol. The average Bonchev–Trinajstić information content (AvgIpc) is 2.64. The molecule has 2 aromatic rings. The number of carbonyl (C=O) groups excluding carboxylic acids is 1. The molecule has 5 nitrogen and oxygen atoms in total. The summed E-state index contributed by atoms with van der Waals surface area (Å²) < 4.78 is 52.3. The van der Waals surface area contributed by atoms with Crippen molar-refractivity contribution in [2.75, 3.05) is 17.8 Å². The van der Waals surface area contributed by atoms with Crippen LogP contribution in [0.5, 0.6) is 0 Å². The summed E-state index contributed by atoms with van der Waals surface area (Å²) in [6.07, 6.45) is 0. The van der Waals surface area contributed by atoms with E-state index in [1.807, 2.05) is 13.8 Å². The molecule has 1 amide bonds. The molecule has 0 aliphatic carbocycles. The maximum Gasteiger partial charge on any atom is 0.288 e. The summed E-state index contributed by atoms with van der Waals surface area (Å²) >= 11 is 0.381. The van der Waals surface area contributed by atoms with Gasteiger partial charge < -0.3 is 4.90 Å². The first-order valence-electron chi connectivity index (χ1n) is 8.23. The molecule has 0 saturated carbocycles. The smallest absolute Gasteiger partial charge is 0.288 e. The maximum atomic E-state index is 12.6. The van der Waals surface area contributed by atoms with E-state index in [2.05, 4.69) is 4.72 Å². The fraction of sp³-hybridized carbons (Fsp3) is 0.278. The van der Waals surface area contributed by atoms with Gasteiger partial charge in [-0.25, -0.2) is 8.42 Å². The predicted molar refractivity (Wildman–Crippen MR) is 103 cm³/mol. The molecule has 27 heavy (non-hydrogen) atoms. The number of hydrogen-bond acceptors (Lipinski definition) is 4. The molecule has 0 aliphatic heterocycles. The lowest BCUT2D eigenvalue weighted by Gasteiger charge is -2.19. The summed E-state index contributed by atoms with van der Waals surface area (Å²) in [6.45, 7) is 4.74. The van der Waals surface area contributed by atoms with Gasteiger partial charge in [-0.3, -0.25) is 9.52 Å². The van der Waals surface area contributed by atoms with Crippen LogP contribution >= 0.6 is 11.8 Å². The number of rotatable bonds is 8. The van der Waals surface area contributed by atoms with Crippen molar-refractivity contribution in [1.82, 2.24) is 4.90 Å². The van der Waals surface area contributed by atoms with Crippen molar-refractivity contribution in [3.05, 3.63) is 54.1 Å². The van der Waals surface area contributed by atoms with Crippen LogP contribution in [0.2, 0.25) is 0 Å². The zero-order valence-corrected chi connectivity index (χ0v) is 16.5. The van der Waals surface area contributed by atoms with Crippen molar-refractivity contribution in [3.63, 3.8) is 0 Å². The Bertz CT molecular complexity index is 884. The van der Waals surface area contributed by atoms with Gasteiger partial charge in [0, 0.05) is 29.2 Å². The van der Waals surface area contributed by atoms with Gasteiger partial charge in [-0.15, -0.1) is 0 Å². The van der Waals surface area contributed by atoms with E-state index in [0.29, 0.717) is 29.7 Å². The van der Waals surface area contributed by atoms with Gasteiger partial charge in [0.15, 0.2) is 0 Å². The van der Waals surface area contributed by atoms with E-state index in [1.165, 1.54) is 42.5 Å². The molecule has 0 radical (unpaired) electrons. The van der Waals surface area contributed by atoms with Gasteiger partial charge in [0.25, 0.3) is 21.7 Å². The van der Waals surface area contributed by atoms with Crippen LogP contribution in [0, 0.1) is 0 Å². The molecule has 0 aliphatic rings. The van der Waals surface area contributed by atoms with E-state index in [9.17, 15) is 22.0 Å². The number of anilines is 1. The SMILES string of the molecule is CCN(CC)C(=O)c1cccc(S(=O)(=O)Nc2ccc(SC(F)F)cc2)c1. The molecule has 1 N–H and O–H groups in total. The first-order chi connectivity index (χ1) is 12.8. The van der Waals surface area contributed by atoms with E-state index in [4.69, 9.17) is 0 Å². The van der Waals surface area contributed by atoms with Crippen LogP contribution in [0.15, 0.2) is 58.3 Å². The van der Waals surface area contributed by atoms with Crippen LogP contribution in [-0.4, -0.2) is 38.1 Å². The largest absolute Gasteiger partial charge is 0.339 e. The Labute approximate surface area is 161 Å². The Morgan fingerprint density at radius 3 is 2.30 bits per heavy atom. The highest BCUT2D eigenvalue weighted by molar-refractivity contribution is 7.99. The summed E-state index contributed by atoms with van der Waals surface area (Å²) in [6, 6.07) is 11.4. The highest BCUT2D eigenvalue weighted by Crippen LogP contribution is 2.27. The number of benzene rings is 2. The van der Waals surface area contributed by atoms with Crippen LogP contribution in [0.3, 0.4) is 0 Å². The molecular formula is C18H20F2N2O3S2. The number of carbonyl (C=O) groups is 1. The molecule has 146 valence electrons. The Morgan fingerprint density at radius 2 is 1.74 bits per heavy atom. The third kappa shape index (κ3) is 5.67. The molecule has 0 spiro atoms. The third-order valence-electron chi connectivity index (χ3n) is 3.77. The van der Waals surface area contributed by atoms with Gasteiger partial charge in [-0.1, -0.05) is 17.8 Å². The van der Waals surface area contributed by atoms with Crippen LogP contribution in [-0.2, 0) is 10.0 Å². The normalized spacial score (nSPS) is 11.4. The first-order valence-corrected chi connectivity index (χ1v) is 10.6. The molecular weight excluding hydrogens is 394 g/mol. The first kappa shape index (κ1) is 21.2. The molecule has 0 fully saturated rings. The van der Waals surface area contributed by atoms with Crippen LogP contribution in [0.25, 0.3) is 0 Å². The minimum atomic E-state index is -3.92.